The van der Waals surface area contributed by atoms with Crippen molar-refractivity contribution < 1.29 is 13.2 Å². The molecule has 0 aromatic carbocycles. The second-order valence-electron chi connectivity index (χ2n) is 4.39. The quantitative estimate of drug-likeness (QED) is 0.640. The summed E-state index contributed by atoms with van der Waals surface area (Å²) in [6.07, 6.45) is 1.05. The molecule has 0 aliphatic carbocycles. The van der Waals surface area contributed by atoms with E-state index in [0.29, 0.717) is 6.61 Å². The van der Waals surface area contributed by atoms with Gasteiger partial charge in [0.15, 0.2) is 0 Å². The van der Waals surface area contributed by atoms with Crippen molar-refractivity contribution in [3.63, 3.8) is 0 Å². The normalized spacial score (nSPS) is 21.6. The molecule has 4 N–H and O–H groups in total. The van der Waals surface area contributed by atoms with Crippen molar-refractivity contribution in [1.29, 1.82) is 0 Å². The van der Waals surface area contributed by atoms with E-state index in [1.165, 1.54) is 6.20 Å². The minimum absolute atomic E-state index is 0.0318. The maximum Gasteiger partial charge on any atom is 0.245 e. The third kappa shape index (κ3) is 3.44. The van der Waals surface area contributed by atoms with E-state index in [1.807, 2.05) is 0 Å². The highest BCUT2D eigenvalue weighted by Gasteiger charge is 2.24. The SMILES string of the molecule is CCN1CCOC(CNS(=O)(=O)c2cn[nH]c2N)C1. The molecule has 1 fully saturated rings. The van der Waals surface area contributed by atoms with E-state index in [-0.39, 0.29) is 23.4 Å². The largest absolute Gasteiger partial charge is 0.383 e. The van der Waals surface area contributed by atoms with Crippen LogP contribution < -0.4 is 10.5 Å². The molecule has 2 rings (SSSR count). The van der Waals surface area contributed by atoms with Crippen molar-refractivity contribution in [2.45, 2.75) is 17.9 Å². The van der Waals surface area contributed by atoms with E-state index < -0.39 is 10.0 Å². The first-order valence-electron chi connectivity index (χ1n) is 6.15. The third-order valence-corrected chi connectivity index (χ3v) is 4.54. The molecule has 1 aromatic rings. The number of H-pyrrole nitrogens is 1. The van der Waals surface area contributed by atoms with Gasteiger partial charge in [0.05, 0.1) is 18.9 Å². The molecule has 0 radical (unpaired) electrons. The second kappa shape index (κ2) is 5.87. The first-order chi connectivity index (χ1) is 9.03. The highest BCUT2D eigenvalue weighted by molar-refractivity contribution is 7.89. The van der Waals surface area contributed by atoms with E-state index in [2.05, 4.69) is 26.7 Å². The Morgan fingerprint density at radius 3 is 3.11 bits per heavy atom. The van der Waals surface area contributed by atoms with Gasteiger partial charge in [0, 0.05) is 19.6 Å². The summed E-state index contributed by atoms with van der Waals surface area (Å²) >= 11 is 0. The molecule has 8 nitrogen and oxygen atoms in total. The monoisotopic (exact) mass is 289 g/mol. The Morgan fingerprint density at radius 1 is 1.68 bits per heavy atom. The summed E-state index contributed by atoms with van der Waals surface area (Å²) in [5, 5.41) is 6.00. The summed E-state index contributed by atoms with van der Waals surface area (Å²) in [6.45, 7) is 5.45. The van der Waals surface area contributed by atoms with E-state index in [1.54, 1.807) is 0 Å². The lowest BCUT2D eigenvalue weighted by Gasteiger charge is -2.32. The molecule has 1 aliphatic rings. The Labute approximate surface area is 112 Å². The summed E-state index contributed by atoms with van der Waals surface area (Å²) in [6, 6.07) is 0. The number of aromatic amines is 1. The van der Waals surface area contributed by atoms with Crippen molar-refractivity contribution >= 4 is 15.8 Å². The fourth-order valence-corrected chi connectivity index (χ4v) is 3.06. The van der Waals surface area contributed by atoms with Crippen molar-refractivity contribution in [2.24, 2.45) is 0 Å². The number of hydrogen-bond acceptors (Lipinski definition) is 6. The van der Waals surface area contributed by atoms with Crippen LogP contribution in [0.25, 0.3) is 0 Å². The molecule has 1 unspecified atom stereocenters. The average molecular weight is 289 g/mol. The topological polar surface area (TPSA) is 113 Å². The van der Waals surface area contributed by atoms with Gasteiger partial charge in [-0.15, -0.1) is 0 Å². The molecule has 108 valence electrons. The first-order valence-corrected chi connectivity index (χ1v) is 7.63. The Hall–Kier alpha value is -1.16. The van der Waals surface area contributed by atoms with E-state index >= 15 is 0 Å². The molecule has 0 bridgehead atoms. The Morgan fingerprint density at radius 2 is 2.47 bits per heavy atom. The standard InChI is InChI=1S/C10H19N5O3S/c1-2-15-3-4-18-8(7-15)5-13-19(16,17)9-6-12-14-10(9)11/h6,8,13H,2-5,7H2,1H3,(H3,11,12,14). The minimum Gasteiger partial charge on any atom is -0.383 e. The number of nitrogen functional groups attached to an aromatic ring is 1. The lowest BCUT2D eigenvalue weighted by atomic mass is 10.3. The molecular formula is C10H19N5O3S. The fraction of sp³-hybridized carbons (Fsp3) is 0.700. The molecule has 0 amide bonds. The number of sulfonamides is 1. The Bertz CT molecular complexity index is 515. The summed E-state index contributed by atoms with van der Waals surface area (Å²) in [5.74, 6) is 0.0345. The highest BCUT2D eigenvalue weighted by atomic mass is 32.2. The Kier molecular flexibility index (Phi) is 4.40. The lowest BCUT2D eigenvalue weighted by molar-refractivity contribution is -0.0229. The van der Waals surface area contributed by atoms with Crippen molar-refractivity contribution in [3.8, 4) is 0 Å². The number of ether oxygens (including phenoxy) is 1. The summed E-state index contributed by atoms with van der Waals surface area (Å²) in [4.78, 5) is 2.19. The van der Waals surface area contributed by atoms with Crippen LogP contribution in [0.2, 0.25) is 0 Å². The van der Waals surface area contributed by atoms with Crippen LogP contribution >= 0.6 is 0 Å². The van der Waals surface area contributed by atoms with Gasteiger partial charge >= 0.3 is 0 Å². The van der Waals surface area contributed by atoms with Gasteiger partial charge in [0.25, 0.3) is 0 Å². The van der Waals surface area contributed by atoms with E-state index in [9.17, 15) is 8.42 Å². The second-order valence-corrected chi connectivity index (χ2v) is 6.12. The van der Waals surface area contributed by atoms with Crippen molar-refractivity contribution in [1.82, 2.24) is 19.8 Å². The molecule has 0 spiro atoms. The van der Waals surface area contributed by atoms with Gasteiger partial charge in [-0.25, -0.2) is 13.1 Å². The number of nitrogens with zero attached hydrogens (tertiary/aromatic N) is 2. The minimum atomic E-state index is -3.64. The molecule has 1 aromatic heterocycles. The third-order valence-electron chi connectivity index (χ3n) is 3.09. The number of anilines is 1. The summed E-state index contributed by atoms with van der Waals surface area (Å²) < 4.78 is 32.0. The van der Waals surface area contributed by atoms with Gasteiger partial charge in [-0.2, -0.15) is 5.10 Å². The van der Waals surface area contributed by atoms with Crippen LogP contribution in [-0.4, -0.2) is 62.4 Å². The van der Waals surface area contributed by atoms with Crippen LogP contribution in [0.1, 0.15) is 6.92 Å². The summed E-state index contributed by atoms with van der Waals surface area (Å²) in [5.41, 5.74) is 5.50. The molecule has 2 heterocycles. The number of morpholine rings is 1. The van der Waals surface area contributed by atoms with E-state index in [0.717, 1.165) is 19.6 Å². The number of hydrogen-bond donors (Lipinski definition) is 3. The Balaban J connectivity index is 1.93. The number of nitrogens with one attached hydrogen (secondary N) is 2. The van der Waals surface area contributed by atoms with Gasteiger partial charge in [-0.05, 0) is 6.54 Å². The average Bonchev–Trinajstić information content (AvgIpc) is 2.84. The molecule has 9 heteroatoms. The zero-order valence-electron chi connectivity index (χ0n) is 10.8. The van der Waals surface area contributed by atoms with Gasteiger partial charge in [-0.3, -0.25) is 10.00 Å². The maximum absolute atomic E-state index is 12.0. The first kappa shape index (κ1) is 14.3. The number of rotatable bonds is 5. The maximum atomic E-state index is 12.0. The van der Waals surface area contributed by atoms with E-state index in [4.69, 9.17) is 10.5 Å². The number of nitrogens with two attached hydrogens (primary N) is 1. The van der Waals surface area contributed by atoms with Crippen LogP contribution in [0.5, 0.6) is 0 Å². The molecule has 1 saturated heterocycles. The number of likely N-dealkylation sites (N-methyl/N-ethyl adjacent to an activating group) is 1. The van der Waals surface area contributed by atoms with Crippen LogP contribution in [0.15, 0.2) is 11.1 Å². The predicted octanol–water partition coefficient (Wildman–Crippen LogP) is -1.01. The van der Waals surface area contributed by atoms with Crippen LogP contribution in [0.4, 0.5) is 5.82 Å². The van der Waals surface area contributed by atoms with Gasteiger partial charge in [0.1, 0.15) is 10.7 Å². The number of aromatic nitrogens is 2. The molecule has 19 heavy (non-hydrogen) atoms. The zero-order chi connectivity index (χ0) is 13.9. The molecular weight excluding hydrogens is 270 g/mol. The lowest BCUT2D eigenvalue weighted by Crippen LogP contribution is -2.47. The van der Waals surface area contributed by atoms with Crippen LogP contribution in [0, 0.1) is 0 Å². The van der Waals surface area contributed by atoms with Gasteiger partial charge in [-0.1, -0.05) is 6.92 Å². The van der Waals surface area contributed by atoms with Gasteiger partial charge < -0.3 is 10.5 Å². The molecule has 1 aliphatic heterocycles. The fourth-order valence-electron chi connectivity index (χ4n) is 1.97. The predicted molar refractivity (Wildman–Crippen MR) is 70.0 cm³/mol. The smallest absolute Gasteiger partial charge is 0.245 e. The summed E-state index contributed by atoms with van der Waals surface area (Å²) in [7, 11) is -3.64. The zero-order valence-corrected chi connectivity index (χ0v) is 11.6. The van der Waals surface area contributed by atoms with Crippen molar-refractivity contribution in [3.05, 3.63) is 6.20 Å². The van der Waals surface area contributed by atoms with Gasteiger partial charge in [0.2, 0.25) is 10.0 Å². The molecule has 1 atom stereocenters. The van der Waals surface area contributed by atoms with Crippen LogP contribution in [0.3, 0.4) is 0 Å². The van der Waals surface area contributed by atoms with Crippen molar-refractivity contribution in [2.75, 3.05) is 38.5 Å². The molecule has 0 saturated carbocycles. The highest BCUT2D eigenvalue weighted by Crippen LogP contribution is 2.14. The van der Waals surface area contributed by atoms with Crippen LogP contribution in [-0.2, 0) is 14.8 Å².